The molecule has 0 saturated heterocycles. The van der Waals surface area contributed by atoms with E-state index in [9.17, 15) is 23.4 Å². The summed E-state index contributed by atoms with van der Waals surface area (Å²) in [5.74, 6) is -0.294. The van der Waals surface area contributed by atoms with Crippen LogP contribution in [0.4, 0.5) is 0 Å². The lowest BCUT2D eigenvalue weighted by Gasteiger charge is -2.65. The van der Waals surface area contributed by atoms with Crippen LogP contribution >= 0.6 is 0 Å². The fourth-order valence-corrected chi connectivity index (χ4v) is 9.25. The van der Waals surface area contributed by atoms with E-state index in [2.05, 4.69) is 13.8 Å². The monoisotopic (exact) mass is 470 g/mol. The number of aliphatic hydroxyl groups is 2. The number of fused-ring (bicyclic) bond motifs is 5. The highest BCUT2D eigenvalue weighted by molar-refractivity contribution is 7.80. The van der Waals surface area contributed by atoms with E-state index >= 15 is 0 Å². The van der Waals surface area contributed by atoms with Gasteiger partial charge in [-0.25, -0.2) is 8.98 Å². The molecule has 9 heteroatoms. The number of aliphatic hydroxyl groups excluding tert-OH is 1. The lowest BCUT2D eigenvalue weighted by Crippen LogP contribution is -2.66. The highest BCUT2D eigenvalue weighted by atomic mass is 32.3. The molecule has 0 aromatic carbocycles. The van der Waals surface area contributed by atoms with E-state index in [0.717, 1.165) is 24.8 Å². The molecule has 4 fully saturated rings. The SMILES string of the molecule is C[C@]12CC[C@H](OS(=O)(=O)O)C[C@H]1CC[C@@H]1[C@@H]2[C@H](O)C[C@]2(C)[C@@H](C3=CC(=O)OC3)CC[C@]12O. The van der Waals surface area contributed by atoms with Crippen molar-refractivity contribution in [2.45, 2.75) is 83.0 Å². The molecule has 5 rings (SSSR count). The van der Waals surface area contributed by atoms with Crippen molar-refractivity contribution >= 4 is 16.4 Å². The van der Waals surface area contributed by atoms with E-state index in [0.29, 0.717) is 32.1 Å². The zero-order chi connectivity index (χ0) is 23.1. The van der Waals surface area contributed by atoms with Crippen LogP contribution in [0.5, 0.6) is 0 Å². The predicted molar refractivity (Wildman–Crippen MR) is 114 cm³/mol. The van der Waals surface area contributed by atoms with Crippen molar-refractivity contribution in [3.8, 4) is 0 Å². The zero-order valence-electron chi connectivity index (χ0n) is 18.7. The minimum atomic E-state index is -4.49. The fraction of sp³-hybridized carbons (Fsp3) is 0.870. The molecule has 8 nitrogen and oxygen atoms in total. The number of carbonyl (C=O) groups excluding carboxylic acids is 1. The van der Waals surface area contributed by atoms with Crippen LogP contribution in [0.2, 0.25) is 0 Å². The van der Waals surface area contributed by atoms with Gasteiger partial charge in [-0.3, -0.25) is 4.55 Å². The molecule has 1 aliphatic heterocycles. The molecule has 180 valence electrons. The smallest absolute Gasteiger partial charge is 0.397 e. The normalized spacial score (nSPS) is 50.8. The Kier molecular flexibility index (Phi) is 5.16. The molecule has 3 N–H and O–H groups in total. The molecule has 5 aliphatic rings. The number of cyclic esters (lactones) is 1. The predicted octanol–water partition coefficient (Wildman–Crippen LogP) is 2.40. The molecule has 0 amide bonds. The number of hydrogen-bond acceptors (Lipinski definition) is 7. The maximum atomic E-state index is 12.2. The molecular formula is C23H34O8S. The Morgan fingerprint density at radius 3 is 2.56 bits per heavy atom. The summed E-state index contributed by atoms with van der Waals surface area (Å²) in [5.41, 5.74) is -0.754. The van der Waals surface area contributed by atoms with Crippen LogP contribution in [0.3, 0.4) is 0 Å². The number of rotatable bonds is 3. The largest absolute Gasteiger partial charge is 0.458 e. The van der Waals surface area contributed by atoms with Crippen LogP contribution < -0.4 is 0 Å². The summed E-state index contributed by atoms with van der Waals surface area (Å²) in [6.07, 6.45) is 5.59. The summed E-state index contributed by atoms with van der Waals surface area (Å²) in [6, 6.07) is 0. The first-order valence-electron chi connectivity index (χ1n) is 11.8. The average Bonchev–Trinajstić information content (AvgIpc) is 3.21. The average molecular weight is 471 g/mol. The van der Waals surface area contributed by atoms with Crippen LogP contribution in [0, 0.1) is 34.5 Å². The van der Waals surface area contributed by atoms with E-state index in [1.807, 2.05) is 0 Å². The van der Waals surface area contributed by atoms with Crippen LogP contribution in [0.1, 0.15) is 65.2 Å². The molecule has 32 heavy (non-hydrogen) atoms. The highest BCUT2D eigenvalue weighted by Gasteiger charge is 2.70. The minimum absolute atomic E-state index is 0.0129. The molecule has 0 aromatic rings. The Balaban J connectivity index is 1.43. The van der Waals surface area contributed by atoms with E-state index in [1.165, 1.54) is 0 Å². The molecule has 0 unspecified atom stereocenters. The van der Waals surface area contributed by atoms with Gasteiger partial charge in [0.05, 0.1) is 17.8 Å². The lowest BCUT2D eigenvalue weighted by molar-refractivity contribution is -0.241. The number of esters is 1. The van der Waals surface area contributed by atoms with Crippen molar-refractivity contribution in [2.75, 3.05) is 6.61 Å². The third kappa shape index (κ3) is 3.22. The summed E-state index contributed by atoms with van der Waals surface area (Å²) in [4.78, 5) is 11.7. The topological polar surface area (TPSA) is 130 Å². The van der Waals surface area contributed by atoms with Crippen LogP contribution in [0.15, 0.2) is 11.6 Å². The Bertz CT molecular complexity index is 946. The van der Waals surface area contributed by atoms with Gasteiger partial charge in [0.15, 0.2) is 0 Å². The van der Waals surface area contributed by atoms with Crippen molar-refractivity contribution in [3.05, 3.63) is 11.6 Å². The summed E-state index contributed by atoms with van der Waals surface area (Å²) >= 11 is 0. The maximum Gasteiger partial charge on any atom is 0.397 e. The van der Waals surface area contributed by atoms with Crippen LogP contribution in [0.25, 0.3) is 0 Å². The highest BCUT2D eigenvalue weighted by Crippen LogP contribution is 2.70. The number of ether oxygens (including phenoxy) is 1. The van der Waals surface area contributed by atoms with Crippen molar-refractivity contribution in [3.63, 3.8) is 0 Å². The van der Waals surface area contributed by atoms with Gasteiger partial charge >= 0.3 is 16.4 Å². The lowest BCUT2D eigenvalue weighted by atomic mass is 9.42. The van der Waals surface area contributed by atoms with Gasteiger partial charge in [0.1, 0.15) is 6.61 Å². The van der Waals surface area contributed by atoms with Crippen LogP contribution in [-0.2, 0) is 24.1 Å². The summed E-state index contributed by atoms with van der Waals surface area (Å²) < 4.78 is 41.6. The molecule has 4 saturated carbocycles. The molecule has 0 aromatic heterocycles. The van der Waals surface area contributed by atoms with Crippen molar-refractivity contribution in [2.24, 2.45) is 34.5 Å². The molecule has 0 spiro atoms. The Morgan fingerprint density at radius 2 is 1.91 bits per heavy atom. The first-order chi connectivity index (χ1) is 14.9. The molecule has 0 radical (unpaired) electrons. The number of carbonyl (C=O) groups is 1. The molecule has 4 aliphatic carbocycles. The zero-order valence-corrected chi connectivity index (χ0v) is 19.5. The van der Waals surface area contributed by atoms with Crippen molar-refractivity contribution in [1.82, 2.24) is 0 Å². The minimum Gasteiger partial charge on any atom is -0.458 e. The molecule has 1 heterocycles. The molecule has 0 bridgehead atoms. The van der Waals surface area contributed by atoms with E-state index in [-0.39, 0.29) is 41.7 Å². The van der Waals surface area contributed by atoms with Gasteiger partial charge in [0, 0.05) is 11.5 Å². The van der Waals surface area contributed by atoms with Gasteiger partial charge in [0.25, 0.3) is 0 Å². The van der Waals surface area contributed by atoms with Gasteiger partial charge in [-0.1, -0.05) is 13.8 Å². The molecular weight excluding hydrogens is 436 g/mol. The van der Waals surface area contributed by atoms with E-state index < -0.39 is 33.6 Å². The van der Waals surface area contributed by atoms with Gasteiger partial charge < -0.3 is 14.9 Å². The van der Waals surface area contributed by atoms with E-state index in [4.69, 9.17) is 13.5 Å². The van der Waals surface area contributed by atoms with E-state index in [1.54, 1.807) is 6.08 Å². The van der Waals surface area contributed by atoms with Gasteiger partial charge in [-0.05, 0) is 86.0 Å². The first kappa shape index (κ1) is 22.8. The Labute approximate surface area is 189 Å². The van der Waals surface area contributed by atoms with Gasteiger partial charge in [-0.2, -0.15) is 8.42 Å². The van der Waals surface area contributed by atoms with Gasteiger partial charge in [0.2, 0.25) is 0 Å². The Hall–Kier alpha value is -1.00. The first-order valence-corrected chi connectivity index (χ1v) is 13.2. The quantitative estimate of drug-likeness (QED) is 0.423. The Morgan fingerprint density at radius 1 is 1.16 bits per heavy atom. The van der Waals surface area contributed by atoms with Gasteiger partial charge in [-0.15, -0.1) is 0 Å². The van der Waals surface area contributed by atoms with Crippen molar-refractivity contribution < 1.29 is 36.9 Å². The van der Waals surface area contributed by atoms with Crippen molar-refractivity contribution in [1.29, 1.82) is 0 Å². The standard InChI is InChI=1S/C23H34O8S/c1-21-7-5-15(31-32(27,28)29)10-14(21)3-4-17-20(21)18(24)11-22(2)16(6-8-23(17,22)26)13-9-19(25)30-12-13/h9,14-18,20,24,26H,3-8,10-12H2,1-2H3,(H,27,28,29)/t14-,15+,16-,17-,18-,20-,21+,22-,23+/m1/s1. The summed E-state index contributed by atoms with van der Waals surface area (Å²) in [6.45, 7) is 4.51. The molecule has 9 atom stereocenters. The summed E-state index contributed by atoms with van der Waals surface area (Å²) in [7, 11) is -4.49. The summed E-state index contributed by atoms with van der Waals surface area (Å²) in [5, 5.41) is 23.7. The third-order valence-electron chi connectivity index (χ3n) is 10.1. The second-order valence-corrected chi connectivity index (χ2v) is 12.4. The second-order valence-electron chi connectivity index (χ2n) is 11.4. The fourth-order valence-electron chi connectivity index (χ4n) is 8.73. The maximum absolute atomic E-state index is 12.2. The second kappa shape index (κ2) is 7.25. The van der Waals surface area contributed by atoms with Crippen LogP contribution in [-0.4, -0.2) is 53.6 Å². The number of hydrogen-bond donors (Lipinski definition) is 3. The third-order valence-corrected chi connectivity index (χ3v) is 10.6.